The maximum Gasteiger partial charge on any atom is 0.267 e. The highest BCUT2D eigenvalue weighted by Crippen LogP contribution is 2.17. The van der Waals surface area contributed by atoms with Crippen LogP contribution < -0.4 is 20.3 Å². The molecule has 0 saturated heterocycles. The first-order valence-electron chi connectivity index (χ1n) is 8.86. The minimum Gasteiger partial charge on any atom is -0.494 e. The average Bonchev–Trinajstić information content (AvgIpc) is 3.23. The van der Waals surface area contributed by atoms with Gasteiger partial charge >= 0.3 is 0 Å². The van der Waals surface area contributed by atoms with Crippen LogP contribution in [0.3, 0.4) is 0 Å². The zero-order chi connectivity index (χ0) is 19.8. The van der Waals surface area contributed by atoms with E-state index in [1.165, 1.54) is 10.7 Å². The number of rotatable bonds is 9. The summed E-state index contributed by atoms with van der Waals surface area (Å²) in [6, 6.07) is 11.9. The van der Waals surface area contributed by atoms with Crippen molar-refractivity contribution < 1.29 is 14.3 Å². The molecule has 1 N–H and O–H groups in total. The Morgan fingerprint density at radius 1 is 1.11 bits per heavy atom. The molecule has 146 valence electrons. The number of nitrogens with zero attached hydrogens (tertiary/aromatic N) is 4. The molecule has 0 saturated carbocycles. The smallest absolute Gasteiger partial charge is 0.267 e. The highest BCUT2D eigenvalue weighted by molar-refractivity contribution is 5.75. The molecule has 0 spiro atoms. The molecule has 3 aromatic rings. The van der Waals surface area contributed by atoms with E-state index in [0.29, 0.717) is 31.3 Å². The SMILES string of the molecule is CCOc1ccc(OCCNC(=O)Cn2nc(-n3cccn3)ccc2=O)cc1. The lowest BCUT2D eigenvalue weighted by atomic mass is 10.3. The van der Waals surface area contributed by atoms with Crippen molar-refractivity contribution in [2.75, 3.05) is 19.8 Å². The van der Waals surface area contributed by atoms with Crippen molar-refractivity contribution >= 4 is 5.91 Å². The maximum atomic E-state index is 12.1. The Kier molecular flexibility index (Phi) is 6.40. The van der Waals surface area contributed by atoms with E-state index in [9.17, 15) is 9.59 Å². The topological polar surface area (TPSA) is 100 Å². The lowest BCUT2D eigenvalue weighted by molar-refractivity contribution is -0.122. The summed E-state index contributed by atoms with van der Waals surface area (Å²) in [5, 5.41) is 10.9. The van der Waals surface area contributed by atoms with Gasteiger partial charge in [0.2, 0.25) is 5.91 Å². The van der Waals surface area contributed by atoms with Crippen LogP contribution in [0, 0.1) is 0 Å². The first-order valence-corrected chi connectivity index (χ1v) is 8.86. The molecule has 28 heavy (non-hydrogen) atoms. The van der Waals surface area contributed by atoms with Crippen molar-refractivity contribution in [3.05, 3.63) is 65.2 Å². The van der Waals surface area contributed by atoms with Crippen LogP contribution in [0.1, 0.15) is 6.92 Å². The van der Waals surface area contributed by atoms with E-state index < -0.39 is 0 Å². The summed E-state index contributed by atoms with van der Waals surface area (Å²) in [6.07, 6.45) is 3.31. The zero-order valence-corrected chi connectivity index (χ0v) is 15.4. The molecule has 0 fully saturated rings. The third-order valence-corrected chi connectivity index (χ3v) is 3.71. The highest BCUT2D eigenvalue weighted by Gasteiger charge is 2.08. The molecule has 2 aromatic heterocycles. The van der Waals surface area contributed by atoms with Crippen LogP contribution in [-0.2, 0) is 11.3 Å². The summed E-state index contributed by atoms with van der Waals surface area (Å²) in [5.74, 6) is 1.58. The fraction of sp³-hybridized carbons (Fsp3) is 0.263. The van der Waals surface area contributed by atoms with Crippen LogP contribution in [0.25, 0.3) is 5.82 Å². The lowest BCUT2D eigenvalue weighted by Crippen LogP contribution is -2.35. The van der Waals surface area contributed by atoms with Crippen LogP contribution in [0.5, 0.6) is 11.5 Å². The molecule has 3 rings (SSSR count). The summed E-state index contributed by atoms with van der Waals surface area (Å²) in [5.41, 5.74) is -0.364. The van der Waals surface area contributed by atoms with Crippen molar-refractivity contribution in [1.29, 1.82) is 0 Å². The van der Waals surface area contributed by atoms with Gasteiger partial charge in [-0.05, 0) is 43.3 Å². The maximum absolute atomic E-state index is 12.1. The largest absolute Gasteiger partial charge is 0.494 e. The number of aromatic nitrogens is 4. The van der Waals surface area contributed by atoms with Crippen LogP contribution >= 0.6 is 0 Å². The molecule has 0 aliphatic carbocycles. The van der Waals surface area contributed by atoms with Crippen molar-refractivity contribution in [3.8, 4) is 17.3 Å². The average molecular weight is 383 g/mol. The molecular weight excluding hydrogens is 362 g/mol. The van der Waals surface area contributed by atoms with Crippen LogP contribution in [0.4, 0.5) is 0 Å². The molecule has 0 aliphatic rings. The molecular formula is C19H21N5O4. The highest BCUT2D eigenvalue weighted by atomic mass is 16.5. The number of amides is 1. The number of carbonyl (C=O) groups excluding carboxylic acids is 1. The number of ether oxygens (including phenoxy) is 2. The molecule has 1 aromatic carbocycles. The second-order valence-corrected chi connectivity index (χ2v) is 5.74. The van der Waals surface area contributed by atoms with Crippen LogP contribution in [0.15, 0.2) is 59.7 Å². The van der Waals surface area contributed by atoms with Gasteiger partial charge in [-0.3, -0.25) is 9.59 Å². The number of carbonyl (C=O) groups is 1. The Labute approximate surface area is 161 Å². The van der Waals surface area contributed by atoms with E-state index in [1.807, 2.05) is 19.1 Å². The van der Waals surface area contributed by atoms with E-state index in [0.717, 1.165) is 10.4 Å². The fourth-order valence-corrected chi connectivity index (χ4v) is 2.43. The number of hydrogen-bond acceptors (Lipinski definition) is 6. The van der Waals surface area contributed by atoms with E-state index in [-0.39, 0.29) is 18.0 Å². The predicted molar refractivity (Wildman–Crippen MR) is 102 cm³/mol. The van der Waals surface area contributed by atoms with Crippen LogP contribution in [0.2, 0.25) is 0 Å². The second kappa shape index (κ2) is 9.36. The molecule has 9 nitrogen and oxygen atoms in total. The Morgan fingerprint density at radius 3 is 2.54 bits per heavy atom. The Bertz CT molecular complexity index is 951. The van der Waals surface area contributed by atoms with E-state index >= 15 is 0 Å². The van der Waals surface area contributed by atoms with E-state index in [2.05, 4.69) is 15.5 Å². The summed E-state index contributed by atoms with van der Waals surface area (Å²) < 4.78 is 13.5. The second-order valence-electron chi connectivity index (χ2n) is 5.74. The van der Waals surface area contributed by atoms with Crippen molar-refractivity contribution in [2.45, 2.75) is 13.5 Å². The van der Waals surface area contributed by atoms with Gasteiger partial charge in [0.15, 0.2) is 5.82 Å². The summed E-state index contributed by atoms with van der Waals surface area (Å²) in [6.45, 7) is 2.95. The molecule has 0 unspecified atom stereocenters. The lowest BCUT2D eigenvalue weighted by Gasteiger charge is -2.10. The molecule has 9 heteroatoms. The van der Waals surface area contributed by atoms with Gasteiger partial charge in [-0.1, -0.05) is 0 Å². The molecule has 0 atom stereocenters. The molecule has 0 aliphatic heterocycles. The number of nitrogens with one attached hydrogen (secondary N) is 1. The third-order valence-electron chi connectivity index (χ3n) is 3.71. The summed E-state index contributed by atoms with van der Waals surface area (Å²) >= 11 is 0. The first kappa shape index (κ1) is 19.2. The van der Waals surface area contributed by atoms with Gasteiger partial charge < -0.3 is 14.8 Å². The Hall–Kier alpha value is -3.62. The van der Waals surface area contributed by atoms with Gasteiger partial charge in [0.1, 0.15) is 24.7 Å². The summed E-state index contributed by atoms with van der Waals surface area (Å²) in [7, 11) is 0. The Balaban J connectivity index is 1.47. The normalized spacial score (nSPS) is 10.5. The van der Waals surface area contributed by atoms with Crippen molar-refractivity contribution in [3.63, 3.8) is 0 Å². The monoisotopic (exact) mass is 383 g/mol. The van der Waals surface area contributed by atoms with Crippen molar-refractivity contribution in [2.24, 2.45) is 0 Å². The Morgan fingerprint density at radius 2 is 1.86 bits per heavy atom. The van der Waals surface area contributed by atoms with Gasteiger partial charge in [-0.2, -0.15) is 5.10 Å². The minimum atomic E-state index is -0.364. The first-order chi connectivity index (χ1) is 13.7. The van der Waals surface area contributed by atoms with Gasteiger partial charge in [0.25, 0.3) is 5.56 Å². The molecule has 2 heterocycles. The van der Waals surface area contributed by atoms with E-state index in [4.69, 9.17) is 9.47 Å². The van der Waals surface area contributed by atoms with E-state index in [1.54, 1.807) is 36.7 Å². The quantitative estimate of drug-likeness (QED) is 0.554. The fourth-order valence-electron chi connectivity index (χ4n) is 2.43. The van der Waals surface area contributed by atoms with Gasteiger partial charge in [0, 0.05) is 18.5 Å². The third kappa shape index (κ3) is 5.19. The zero-order valence-electron chi connectivity index (χ0n) is 15.4. The standard InChI is InChI=1S/C19H21N5O4/c1-2-27-15-4-6-16(7-5-15)28-13-11-20-18(25)14-24-19(26)9-8-17(22-24)23-12-3-10-21-23/h3-10,12H,2,11,13-14H2,1H3,(H,20,25). The summed E-state index contributed by atoms with van der Waals surface area (Å²) in [4.78, 5) is 24.0. The molecule has 1 amide bonds. The van der Waals surface area contributed by atoms with Crippen molar-refractivity contribution in [1.82, 2.24) is 24.9 Å². The number of benzene rings is 1. The number of hydrogen-bond donors (Lipinski definition) is 1. The van der Waals surface area contributed by atoms with Crippen LogP contribution in [-0.4, -0.2) is 45.2 Å². The van der Waals surface area contributed by atoms with Gasteiger partial charge in [0.05, 0.1) is 13.2 Å². The minimum absolute atomic E-state index is 0.184. The van der Waals surface area contributed by atoms with Gasteiger partial charge in [-0.25, -0.2) is 9.36 Å². The molecule has 0 bridgehead atoms. The van der Waals surface area contributed by atoms with Gasteiger partial charge in [-0.15, -0.1) is 5.10 Å². The predicted octanol–water partition coefficient (Wildman–Crippen LogP) is 1.02. The molecule has 0 radical (unpaired) electrons.